The molecule has 1 aliphatic heterocycles. The molecule has 3 rings (SSSR count). The van der Waals surface area contributed by atoms with E-state index in [9.17, 15) is 10.1 Å². The van der Waals surface area contributed by atoms with Crippen LogP contribution in [0, 0.1) is 11.3 Å². The lowest BCUT2D eigenvalue weighted by molar-refractivity contribution is -0.133. The minimum atomic E-state index is -0.00734. The summed E-state index contributed by atoms with van der Waals surface area (Å²) in [6, 6.07) is 19.1. The first-order chi connectivity index (χ1) is 11.8. The largest absolute Gasteiger partial charge is 0.484 e. The normalized spacial score (nSPS) is 14.1. The van der Waals surface area contributed by atoms with Crippen LogP contribution in [-0.4, -0.2) is 43.6 Å². The van der Waals surface area contributed by atoms with Crippen molar-refractivity contribution in [2.75, 3.05) is 37.7 Å². The first-order valence-electron chi connectivity index (χ1n) is 7.97. The molecular weight excluding hydrogens is 302 g/mol. The highest BCUT2D eigenvalue weighted by molar-refractivity contribution is 5.78. The summed E-state index contributed by atoms with van der Waals surface area (Å²) in [5.41, 5.74) is 1.61. The maximum atomic E-state index is 12.3. The van der Waals surface area contributed by atoms with Gasteiger partial charge in [0.15, 0.2) is 6.61 Å². The summed E-state index contributed by atoms with van der Waals surface area (Å²) in [6.45, 7) is 2.76. The molecule has 0 unspecified atom stereocenters. The van der Waals surface area contributed by atoms with Gasteiger partial charge in [-0.2, -0.15) is 5.26 Å². The van der Waals surface area contributed by atoms with Crippen LogP contribution in [0.3, 0.4) is 0 Å². The summed E-state index contributed by atoms with van der Waals surface area (Å²) in [6.07, 6.45) is 0. The fourth-order valence-corrected chi connectivity index (χ4v) is 2.79. The fraction of sp³-hybridized carbons (Fsp3) is 0.263. The van der Waals surface area contributed by atoms with E-state index in [0.717, 1.165) is 18.8 Å². The Morgan fingerprint density at radius 2 is 1.67 bits per heavy atom. The highest BCUT2D eigenvalue weighted by Crippen LogP contribution is 2.21. The Morgan fingerprint density at radius 1 is 1.00 bits per heavy atom. The third-order valence-corrected chi connectivity index (χ3v) is 4.10. The Hall–Kier alpha value is -3.00. The molecule has 1 saturated heterocycles. The number of piperazine rings is 1. The number of hydrogen-bond acceptors (Lipinski definition) is 4. The SMILES string of the molecule is N#Cc1ccccc1N1CCN(C(=O)COc2ccccc2)CC1. The molecule has 122 valence electrons. The van der Waals surface area contributed by atoms with Gasteiger partial charge in [0.25, 0.3) is 5.91 Å². The van der Waals surface area contributed by atoms with Crippen LogP contribution in [0.15, 0.2) is 54.6 Å². The van der Waals surface area contributed by atoms with Crippen LogP contribution in [0.4, 0.5) is 5.69 Å². The van der Waals surface area contributed by atoms with Crippen molar-refractivity contribution < 1.29 is 9.53 Å². The molecule has 5 heteroatoms. The van der Waals surface area contributed by atoms with Gasteiger partial charge in [-0.05, 0) is 24.3 Å². The van der Waals surface area contributed by atoms with Gasteiger partial charge >= 0.3 is 0 Å². The van der Waals surface area contributed by atoms with E-state index in [1.54, 1.807) is 0 Å². The van der Waals surface area contributed by atoms with Gasteiger partial charge in [0, 0.05) is 26.2 Å². The highest BCUT2D eigenvalue weighted by Gasteiger charge is 2.22. The van der Waals surface area contributed by atoms with Crippen molar-refractivity contribution in [1.29, 1.82) is 5.26 Å². The van der Waals surface area contributed by atoms with Crippen molar-refractivity contribution in [3.63, 3.8) is 0 Å². The van der Waals surface area contributed by atoms with Crippen molar-refractivity contribution in [3.8, 4) is 11.8 Å². The van der Waals surface area contributed by atoms with Gasteiger partial charge in [-0.15, -0.1) is 0 Å². The molecule has 1 aliphatic rings. The minimum Gasteiger partial charge on any atom is -0.484 e. The molecule has 0 N–H and O–H groups in total. The molecule has 0 spiro atoms. The number of anilines is 1. The Kier molecular flexibility index (Phi) is 4.97. The van der Waals surface area contributed by atoms with Crippen molar-refractivity contribution in [2.45, 2.75) is 0 Å². The van der Waals surface area contributed by atoms with Crippen LogP contribution in [0.2, 0.25) is 0 Å². The van der Waals surface area contributed by atoms with E-state index in [2.05, 4.69) is 11.0 Å². The average molecular weight is 321 g/mol. The number of rotatable bonds is 4. The predicted molar refractivity (Wildman–Crippen MR) is 91.9 cm³/mol. The van der Waals surface area contributed by atoms with E-state index < -0.39 is 0 Å². The molecule has 1 fully saturated rings. The van der Waals surface area contributed by atoms with Crippen molar-refractivity contribution in [2.24, 2.45) is 0 Å². The van der Waals surface area contributed by atoms with Crippen LogP contribution < -0.4 is 9.64 Å². The Labute approximate surface area is 141 Å². The van der Waals surface area contributed by atoms with E-state index in [-0.39, 0.29) is 12.5 Å². The molecule has 0 aromatic heterocycles. The molecule has 24 heavy (non-hydrogen) atoms. The second-order valence-corrected chi connectivity index (χ2v) is 5.60. The summed E-state index contributed by atoms with van der Waals surface area (Å²) < 4.78 is 5.52. The Balaban J connectivity index is 1.53. The lowest BCUT2D eigenvalue weighted by Crippen LogP contribution is -2.50. The van der Waals surface area contributed by atoms with Crippen LogP contribution in [0.5, 0.6) is 5.75 Å². The van der Waals surface area contributed by atoms with Gasteiger partial charge in [-0.3, -0.25) is 4.79 Å². The van der Waals surface area contributed by atoms with Gasteiger partial charge in [-0.1, -0.05) is 30.3 Å². The maximum absolute atomic E-state index is 12.3. The summed E-state index contributed by atoms with van der Waals surface area (Å²) in [5, 5.41) is 9.21. The molecule has 2 aromatic carbocycles. The Bertz CT molecular complexity index is 732. The zero-order valence-corrected chi connectivity index (χ0v) is 13.4. The molecule has 0 radical (unpaired) electrons. The molecule has 1 amide bonds. The van der Waals surface area contributed by atoms with Crippen LogP contribution >= 0.6 is 0 Å². The van der Waals surface area contributed by atoms with Gasteiger partial charge in [0.2, 0.25) is 0 Å². The number of para-hydroxylation sites is 2. The number of benzene rings is 2. The van der Waals surface area contributed by atoms with E-state index in [1.165, 1.54) is 0 Å². The number of nitrogens with zero attached hydrogens (tertiary/aromatic N) is 3. The van der Waals surface area contributed by atoms with E-state index in [1.807, 2.05) is 59.5 Å². The molecular formula is C19H19N3O2. The zero-order chi connectivity index (χ0) is 16.8. The minimum absolute atomic E-state index is 0.00734. The predicted octanol–water partition coefficient (Wildman–Crippen LogP) is 2.29. The van der Waals surface area contributed by atoms with Gasteiger partial charge < -0.3 is 14.5 Å². The standard InChI is InChI=1S/C19H19N3O2/c20-14-16-6-4-5-9-18(16)21-10-12-22(13-11-21)19(23)15-24-17-7-2-1-3-8-17/h1-9H,10-13,15H2. The van der Waals surface area contributed by atoms with E-state index in [0.29, 0.717) is 24.4 Å². The fourth-order valence-electron chi connectivity index (χ4n) is 2.79. The first kappa shape index (κ1) is 15.9. The topological polar surface area (TPSA) is 56.6 Å². The molecule has 1 heterocycles. The monoisotopic (exact) mass is 321 g/mol. The number of hydrogen-bond donors (Lipinski definition) is 0. The number of nitriles is 1. The summed E-state index contributed by atoms with van der Waals surface area (Å²) in [4.78, 5) is 16.2. The molecule has 0 atom stereocenters. The maximum Gasteiger partial charge on any atom is 0.260 e. The summed E-state index contributed by atoms with van der Waals surface area (Å²) >= 11 is 0. The number of ether oxygens (including phenoxy) is 1. The van der Waals surface area contributed by atoms with E-state index in [4.69, 9.17) is 4.74 Å². The van der Waals surface area contributed by atoms with Crippen LogP contribution in [-0.2, 0) is 4.79 Å². The lowest BCUT2D eigenvalue weighted by atomic mass is 10.1. The molecule has 2 aromatic rings. The number of carbonyl (C=O) groups excluding carboxylic acids is 1. The smallest absolute Gasteiger partial charge is 0.260 e. The van der Waals surface area contributed by atoms with Crippen LogP contribution in [0.1, 0.15) is 5.56 Å². The van der Waals surface area contributed by atoms with Crippen molar-refractivity contribution >= 4 is 11.6 Å². The number of amides is 1. The van der Waals surface area contributed by atoms with Gasteiger partial charge in [-0.25, -0.2) is 0 Å². The third-order valence-electron chi connectivity index (χ3n) is 4.10. The Morgan fingerprint density at radius 3 is 2.38 bits per heavy atom. The van der Waals surface area contributed by atoms with Crippen molar-refractivity contribution in [1.82, 2.24) is 4.90 Å². The quantitative estimate of drug-likeness (QED) is 0.867. The number of carbonyl (C=O) groups is 1. The average Bonchev–Trinajstić information content (AvgIpc) is 2.67. The van der Waals surface area contributed by atoms with Crippen LogP contribution in [0.25, 0.3) is 0 Å². The second kappa shape index (κ2) is 7.51. The molecule has 0 aliphatic carbocycles. The third kappa shape index (κ3) is 3.66. The van der Waals surface area contributed by atoms with Crippen molar-refractivity contribution in [3.05, 3.63) is 60.2 Å². The summed E-state index contributed by atoms with van der Waals surface area (Å²) in [5.74, 6) is 0.694. The first-order valence-corrected chi connectivity index (χ1v) is 7.97. The molecule has 0 bridgehead atoms. The second-order valence-electron chi connectivity index (χ2n) is 5.60. The molecule has 0 saturated carbocycles. The van der Waals surface area contributed by atoms with Gasteiger partial charge in [0.1, 0.15) is 11.8 Å². The molecule has 5 nitrogen and oxygen atoms in total. The summed E-state index contributed by atoms with van der Waals surface area (Å²) in [7, 11) is 0. The lowest BCUT2D eigenvalue weighted by Gasteiger charge is -2.36. The van der Waals surface area contributed by atoms with Gasteiger partial charge in [0.05, 0.1) is 11.3 Å². The zero-order valence-electron chi connectivity index (χ0n) is 13.4. The van der Waals surface area contributed by atoms with E-state index >= 15 is 0 Å². The highest BCUT2D eigenvalue weighted by atomic mass is 16.5.